The Labute approximate surface area is 117 Å². The molecule has 2 rings (SSSR count). The van der Waals surface area contributed by atoms with Gasteiger partial charge in [-0.1, -0.05) is 23.7 Å². The van der Waals surface area contributed by atoms with E-state index in [1.807, 2.05) is 0 Å². The molecule has 1 unspecified atom stereocenters. The number of rotatable bonds is 1. The standard InChI is InChI=1S/C12H10ClF3N2O2/c1-7-6-11(20,12(14,15)16)18(17-7)10(19)8-4-2-3-5-9(8)13/h2-6,17,20H,1H3. The largest absolute Gasteiger partial charge is 0.442 e. The molecule has 0 saturated heterocycles. The number of nitrogens with zero attached hydrogens (tertiary/aromatic N) is 1. The summed E-state index contributed by atoms with van der Waals surface area (Å²) in [6.07, 6.45) is -4.52. The Bertz CT molecular complexity index is 588. The lowest BCUT2D eigenvalue weighted by molar-refractivity contribution is -0.283. The maximum atomic E-state index is 13.0. The van der Waals surface area contributed by atoms with Gasteiger partial charge in [-0.2, -0.15) is 13.2 Å². The molecule has 1 aromatic rings. The molecule has 1 aliphatic rings. The zero-order chi connectivity index (χ0) is 15.1. The van der Waals surface area contributed by atoms with Gasteiger partial charge in [-0.05, 0) is 25.1 Å². The van der Waals surface area contributed by atoms with Crippen molar-refractivity contribution in [3.05, 3.63) is 46.6 Å². The lowest BCUT2D eigenvalue weighted by Gasteiger charge is -2.33. The van der Waals surface area contributed by atoms with Gasteiger partial charge in [-0.3, -0.25) is 10.2 Å². The first-order chi connectivity index (χ1) is 9.17. The Morgan fingerprint density at radius 1 is 1.40 bits per heavy atom. The van der Waals surface area contributed by atoms with Crippen LogP contribution in [0.5, 0.6) is 0 Å². The summed E-state index contributed by atoms with van der Waals surface area (Å²) in [7, 11) is 0. The van der Waals surface area contributed by atoms with Gasteiger partial charge in [-0.15, -0.1) is 0 Å². The molecule has 0 saturated carbocycles. The highest BCUT2D eigenvalue weighted by atomic mass is 35.5. The monoisotopic (exact) mass is 306 g/mol. The predicted octanol–water partition coefficient (Wildman–Crippen LogP) is 2.46. The van der Waals surface area contributed by atoms with Crippen LogP contribution in [0.15, 0.2) is 36.0 Å². The van der Waals surface area contributed by atoms with Crippen LogP contribution in [0.25, 0.3) is 0 Å². The summed E-state index contributed by atoms with van der Waals surface area (Å²) in [4.78, 5) is 12.2. The Kier molecular flexibility index (Phi) is 3.43. The number of alkyl halides is 3. The molecule has 20 heavy (non-hydrogen) atoms. The molecule has 8 heteroatoms. The first-order valence-corrected chi connectivity index (χ1v) is 5.89. The SMILES string of the molecule is CC1=CC(O)(C(F)(F)F)N(C(=O)c2ccccc2Cl)N1. The molecule has 4 nitrogen and oxygen atoms in total. The number of benzene rings is 1. The number of aliphatic hydroxyl groups is 1. The van der Waals surface area contributed by atoms with E-state index in [-0.39, 0.29) is 21.3 Å². The summed E-state index contributed by atoms with van der Waals surface area (Å²) >= 11 is 5.79. The molecule has 1 heterocycles. The van der Waals surface area contributed by atoms with Crippen LogP contribution in [0, 0.1) is 0 Å². The van der Waals surface area contributed by atoms with Crippen molar-refractivity contribution in [1.29, 1.82) is 0 Å². The van der Waals surface area contributed by atoms with Crippen LogP contribution >= 0.6 is 11.6 Å². The number of hydrogen-bond donors (Lipinski definition) is 2. The van der Waals surface area contributed by atoms with Gasteiger partial charge in [0.25, 0.3) is 11.6 Å². The molecule has 0 bridgehead atoms. The average Bonchev–Trinajstić information content (AvgIpc) is 2.65. The van der Waals surface area contributed by atoms with Crippen molar-refractivity contribution in [2.75, 3.05) is 0 Å². The summed E-state index contributed by atoms with van der Waals surface area (Å²) in [5.41, 5.74) is -1.36. The minimum atomic E-state index is -5.05. The van der Waals surface area contributed by atoms with Gasteiger partial charge >= 0.3 is 6.18 Å². The maximum absolute atomic E-state index is 13.0. The molecule has 108 valence electrons. The lowest BCUT2D eigenvalue weighted by atomic mass is 10.1. The summed E-state index contributed by atoms with van der Waals surface area (Å²) in [6.45, 7) is 1.30. The van der Waals surface area contributed by atoms with Crippen LogP contribution < -0.4 is 5.43 Å². The van der Waals surface area contributed by atoms with Crippen LogP contribution in [0.3, 0.4) is 0 Å². The number of hydrazine groups is 1. The van der Waals surface area contributed by atoms with E-state index >= 15 is 0 Å². The molecule has 0 aliphatic carbocycles. The number of carbonyl (C=O) groups is 1. The fourth-order valence-corrected chi connectivity index (χ4v) is 2.05. The molecule has 1 atom stereocenters. The second-order valence-corrected chi connectivity index (χ2v) is 4.69. The molecule has 2 N–H and O–H groups in total. The molecule has 0 radical (unpaired) electrons. The fourth-order valence-electron chi connectivity index (χ4n) is 1.83. The Balaban J connectivity index is 2.43. The van der Waals surface area contributed by atoms with E-state index in [9.17, 15) is 23.1 Å². The maximum Gasteiger partial charge on any atom is 0.442 e. The van der Waals surface area contributed by atoms with Crippen molar-refractivity contribution in [3.63, 3.8) is 0 Å². The smallest absolute Gasteiger partial charge is 0.359 e. The molecule has 0 fully saturated rings. The van der Waals surface area contributed by atoms with Crippen LogP contribution in [-0.4, -0.2) is 27.9 Å². The zero-order valence-corrected chi connectivity index (χ0v) is 11.0. The fraction of sp³-hybridized carbons (Fsp3) is 0.250. The molecule has 0 spiro atoms. The molecule has 1 amide bonds. The number of amides is 1. The van der Waals surface area contributed by atoms with Crippen LogP contribution in [0.1, 0.15) is 17.3 Å². The van der Waals surface area contributed by atoms with Crippen molar-refractivity contribution >= 4 is 17.5 Å². The number of nitrogens with one attached hydrogen (secondary N) is 1. The van der Waals surface area contributed by atoms with Crippen molar-refractivity contribution in [3.8, 4) is 0 Å². The molecule has 1 aliphatic heterocycles. The van der Waals surface area contributed by atoms with E-state index in [1.165, 1.54) is 31.2 Å². The van der Waals surface area contributed by atoms with Gasteiger partial charge in [0.2, 0.25) is 0 Å². The number of hydrogen-bond acceptors (Lipinski definition) is 3. The first kappa shape index (κ1) is 14.7. The molecular formula is C12H10ClF3N2O2. The minimum absolute atomic E-state index is 0.00484. The quantitative estimate of drug-likeness (QED) is 0.838. The van der Waals surface area contributed by atoms with Crippen molar-refractivity contribution in [1.82, 2.24) is 10.4 Å². The van der Waals surface area contributed by atoms with Crippen molar-refractivity contribution < 1.29 is 23.1 Å². The minimum Gasteiger partial charge on any atom is -0.359 e. The van der Waals surface area contributed by atoms with E-state index < -0.39 is 17.8 Å². The van der Waals surface area contributed by atoms with Crippen LogP contribution in [0.2, 0.25) is 5.02 Å². The third kappa shape index (κ3) is 2.23. The van der Waals surface area contributed by atoms with E-state index in [4.69, 9.17) is 11.6 Å². The van der Waals surface area contributed by atoms with E-state index in [0.717, 1.165) is 0 Å². The first-order valence-electron chi connectivity index (χ1n) is 5.51. The molecule has 0 aromatic heterocycles. The number of halogens is 4. The summed E-state index contributed by atoms with van der Waals surface area (Å²) in [5.74, 6) is -1.08. The highest BCUT2D eigenvalue weighted by Crippen LogP contribution is 2.38. The highest BCUT2D eigenvalue weighted by Gasteiger charge is 2.61. The summed E-state index contributed by atoms with van der Waals surface area (Å²) < 4.78 is 39.0. The van der Waals surface area contributed by atoms with Crippen molar-refractivity contribution in [2.24, 2.45) is 0 Å². The molecular weight excluding hydrogens is 297 g/mol. The van der Waals surface area contributed by atoms with Crippen LogP contribution in [-0.2, 0) is 0 Å². The van der Waals surface area contributed by atoms with Crippen molar-refractivity contribution in [2.45, 2.75) is 18.8 Å². The van der Waals surface area contributed by atoms with Gasteiger partial charge < -0.3 is 5.11 Å². The van der Waals surface area contributed by atoms with E-state index in [2.05, 4.69) is 5.43 Å². The number of allylic oxidation sites excluding steroid dienone is 1. The Morgan fingerprint density at radius 2 is 2.00 bits per heavy atom. The van der Waals surface area contributed by atoms with Gasteiger partial charge in [0, 0.05) is 5.70 Å². The van der Waals surface area contributed by atoms with Gasteiger partial charge in [0.05, 0.1) is 10.6 Å². The third-order valence-corrected chi connectivity index (χ3v) is 3.10. The second-order valence-electron chi connectivity index (χ2n) is 4.28. The average molecular weight is 307 g/mol. The summed E-state index contributed by atoms with van der Waals surface area (Å²) in [6, 6.07) is 5.65. The van der Waals surface area contributed by atoms with Gasteiger partial charge in [-0.25, -0.2) is 5.01 Å². The third-order valence-electron chi connectivity index (χ3n) is 2.77. The van der Waals surface area contributed by atoms with Crippen LogP contribution in [0.4, 0.5) is 13.2 Å². The highest BCUT2D eigenvalue weighted by molar-refractivity contribution is 6.33. The Morgan fingerprint density at radius 3 is 2.55 bits per heavy atom. The number of carbonyl (C=O) groups excluding carboxylic acids is 1. The normalized spacial score (nSPS) is 22.5. The predicted molar refractivity (Wildman–Crippen MR) is 65.5 cm³/mol. The second kappa shape index (κ2) is 4.68. The topological polar surface area (TPSA) is 52.6 Å². The van der Waals surface area contributed by atoms with E-state index in [0.29, 0.717) is 6.08 Å². The van der Waals surface area contributed by atoms with Gasteiger partial charge in [0.1, 0.15) is 0 Å². The van der Waals surface area contributed by atoms with Gasteiger partial charge in [0.15, 0.2) is 0 Å². The summed E-state index contributed by atoms with van der Waals surface area (Å²) in [5, 5.41) is 9.89. The zero-order valence-electron chi connectivity index (χ0n) is 10.2. The Hall–Kier alpha value is -1.73. The molecule has 1 aromatic carbocycles. The van der Waals surface area contributed by atoms with E-state index in [1.54, 1.807) is 0 Å². The lowest BCUT2D eigenvalue weighted by Crippen LogP contribution is -2.60.